The molecular formula is C25H38O4. The molecule has 0 bridgehead atoms. The van der Waals surface area contributed by atoms with Gasteiger partial charge in [-0.05, 0) is 93.3 Å². The van der Waals surface area contributed by atoms with Crippen LogP contribution >= 0.6 is 0 Å². The monoisotopic (exact) mass is 402 g/mol. The molecule has 5 fully saturated rings. The van der Waals surface area contributed by atoms with Crippen LogP contribution in [0.3, 0.4) is 0 Å². The zero-order chi connectivity index (χ0) is 20.8. The first-order valence-corrected chi connectivity index (χ1v) is 11.8. The predicted octanol–water partition coefficient (Wildman–Crippen LogP) is 5.26. The van der Waals surface area contributed by atoms with Gasteiger partial charge >= 0.3 is 5.97 Å². The summed E-state index contributed by atoms with van der Waals surface area (Å²) in [6.07, 6.45) is 8.22. The quantitative estimate of drug-likeness (QED) is 0.443. The van der Waals surface area contributed by atoms with E-state index in [4.69, 9.17) is 14.2 Å². The van der Waals surface area contributed by atoms with Crippen molar-refractivity contribution in [2.24, 2.45) is 34.5 Å². The normalized spacial score (nSPS) is 52.9. The number of ether oxygens (including phenoxy) is 3. The van der Waals surface area contributed by atoms with E-state index < -0.39 is 5.79 Å². The van der Waals surface area contributed by atoms with Crippen LogP contribution in [-0.4, -0.2) is 30.1 Å². The average molecular weight is 403 g/mol. The summed E-state index contributed by atoms with van der Waals surface area (Å²) in [4.78, 5) is 11.6. The van der Waals surface area contributed by atoms with Crippen LogP contribution in [0.4, 0.5) is 0 Å². The van der Waals surface area contributed by atoms with E-state index in [1.807, 2.05) is 0 Å². The van der Waals surface area contributed by atoms with E-state index in [-0.39, 0.29) is 35.1 Å². The molecule has 162 valence electrons. The fraction of sp³-hybridized carbons (Fsp3) is 0.880. The maximum atomic E-state index is 11.6. The summed E-state index contributed by atoms with van der Waals surface area (Å²) in [5.74, 6) is 1.55. The van der Waals surface area contributed by atoms with E-state index in [1.165, 1.54) is 38.2 Å². The Bertz CT molecular complexity index is 728. The minimum absolute atomic E-state index is 0.0233. The van der Waals surface area contributed by atoms with E-state index >= 15 is 0 Å². The zero-order valence-electron chi connectivity index (χ0n) is 18.8. The topological polar surface area (TPSA) is 44.8 Å². The summed E-state index contributed by atoms with van der Waals surface area (Å²) < 4.78 is 18.9. The summed E-state index contributed by atoms with van der Waals surface area (Å²) in [5.41, 5.74) is 1.96. The van der Waals surface area contributed by atoms with Crippen molar-refractivity contribution < 1.29 is 19.0 Å². The van der Waals surface area contributed by atoms with Gasteiger partial charge in [-0.2, -0.15) is 0 Å². The molecule has 5 rings (SSSR count). The second-order valence-electron chi connectivity index (χ2n) is 11.6. The van der Waals surface area contributed by atoms with Gasteiger partial charge in [-0.3, -0.25) is 4.79 Å². The third-order valence-electron chi connectivity index (χ3n) is 9.78. The molecule has 5 aliphatic rings. The minimum Gasteiger partial charge on any atom is -0.463 e. The lowest BCUT2D eigenvalue weighted by molar-refractivity contribution is -0.190. The van der Waals surface area contributed by atoms with Crippen molar-refractivity contribution >= 4 is 5.97 Å². The first kappa shape index (κ1) is 20.1. The van der Waals surface area contributed by atoms with Crippen molar-refractivity contribution in [1.29, 1.82) is 0 Å². The summed E-state index contributed by atoms with van der Waals surface area (Å²) in [6.45, 7) is 15.1. The van der Waals surface area contributed by atoms with Gasteiger partial charge in [-0.15, -0.1) is 0 Å². The number of esters is 1. The fourth-order valence-electron chi connectivity index (χ4n) is 8.40. The lowest BCUT2D eigenvalue weighted by atomic mass is 9.43. The number of hydrogen-bond acceptors (Lipinski definition) is 4. The van der Waals surface area contributed by atoms with Gasteiger partial charge in [-0.25, -0.2) is 0 Å². The molecule has 4 nitrogen and oxygen atoms in total. The molecule has 4 aliphatic carbocycles. The number of allylic oxidation sites excluding steroid dienone is 1. The van der Waals surface area contributed by atoms with Crippen LogP contribution in [0.1, 0.15) is 79.6 Å². The van der Waals surface area contributed by atoms with Gasteiger partial charge in [0.05, 0.1) is 12.2 Å². The Labute approximate surface area is 175 Å². The highest BCUT2D eigenvalue weighted by Gasteiger charge is 2.68. The van der Waals surface area contributed by atoms with Crippen LogP contribution in [0.15, 0.2) is 12.2 Å². The third-order valence-corrected chi connectivity index (χ3v) is 9.78. The average Bonchev–Trinajstić information content (AvgIpc) is 3.11. The summed E-state index contributed by atoms with van der Waals surface area (Å²) >= 11 is 0. The van der Waals surface area contributed by atoms with Gasteiger partial charge in [0.1, 0.15) is 6.10 Å². The van der Waals surface area contributed by atoms with Crippen molar-refractivity contribution in [3.63, 3.8) is 0 Å². The molecule has 0 aromatic rings. The molecule has 9 unspecified atom stereocenters. The largest absolute Gasteiger partial charge is 0.463 e. The van der Waals surface area contributed by atoms with E-state index in [0.717, 1.165) is 19.3 Å². The Morgan fingerprint density at radius 1 is 1.00 bits per heavy atom. The Hall–Kier alpha value is -0.870. The number of rotatable bonds is 1. The number of hydrogen-bond donors (Lipinski definition) is 0. The van der Waals surface area contributed by atoms with E-state index in [1.54, 1.807) is 0 Å². The summed E-state index contributed by atoms with van der Waals surface area (Å²) in [5, 5.41) is 0. The molecule has 4 saturated carbocycles. The van der Waals surface area contributed by atoms with E-state index in [0.29, 0.717) is 23.7 Å². The molecule has 0 aromatic heterocycles. The lowest BCUT2D eigenvalue weighted by Gasteiger charge is -2.63. The van der Waals surface area contributed by atoms with Gasteiger partial charge in [0.15, 0.2) is 5.79 Å². The Balaban J connectivity index is 1.53. The molecule has 1 saturated heterocycles. The highest BCUT2D eigenvalue weighted by atomic mass is 16.8. The summed E-state index contributed by atoms with van der Waals surface area (Å²) in [7, 11) is 0. The molecule has 9 atom stereocenters. The molecule has 0 spiro atoms. The van der Waals surface area contributed by atoms with Crippen LogP contribution in [0.5, 0.6) is 0 Å². The van der Waals surface area contributed by atoms with Crippen molar-refractivity contribution in [2.75, 3.05) is 0 Å². The molecule has 0 N–H and O–H groups in total. The fourth-order valence-corrected chi connectivity index (χ4v) is 8.40. The highest BCUT2D eigenvalue weighted by molar-refractivity contribution is 5.66. The molecule has 0 amide bonds. The molecular weight excluding hydrogens is 364 g/mol. The minimum atomic E-state index is -0.539. The van der Waals surface area contributed by atoms with Gasteiger partial charge in [0.2, 0.25) is 0 Å². The smallest absolute Gasteiger partial charge is 0.302 e. The summed E-state index contributed by atoms with van der Waals surface area (Å²) in [6, 6.07) is 0. The van der Waals surface area contributed by atoms with Gasteiger partial charge < -0.3 is 14.2 Å². The van der Waals surface area contributed by atoms with Crippen molar-refractivity contribution in [3.05, 3.63) is 12.2 Å². The van der Waals surface area contributed by atoms with Crippen LogP contribution in [0.25, 0.3) is 0 Å². The van der Waals surface area contributed by atoms with Crippen LogP contribution in [-0.2, 0) is 19.0 Å². The second-order valence-corrected chi connectivity index (χ2v) is 11.6. The molecule has 4 heteroatoms. The first-order chi connectivity index (χ1) is 13.6. The molecule has 29 heavy (non-hydrogen) atoms. The molecule has 1 heterocycles. The van der Waals surface area contributed by atoms with Gasteiger partial charge in [-0.1, -0.05) is 26.0 Å². The molecule has 1 aliphatic heterocycles. The Morgan fingerprint density at radius 3 is 2.45 bits per heavy atom. The van der Waals surface area contributed by atoms with E-state index in [2.05, 4.69) is 34.3 Å². The molecule has 0 radical (unpaired) electrons. The Morgan fingerprint density at radius 2 is 1.72 bits per heavy atom. The number of carbonyl (C=O) groups excluding carboxylic acids is 1. The van der Waals surface area contributed by atoms with Crippen molar-refractivity contribution in [1.82, 2.24) is 0 Å². The SMILES string of the molecule is C=C1CCC2C3C4OC(C)(C)OC4C4CC(OC(C)=O)CCC4(C)C3CCC12C. The maximum absolute atomic E-state index is 11.6. The number of carbonyl (C=O) groups is 1. The van der Waals surface area contributed by atoms with Crippen molar-refractivity contribution in [2.45, 2.75) is 104 Å². The van der Waals surface area contributed by atoms with E-state index in [9.17, 15) is 4.79 Å². The van der Waals surface area contributed by atoms with Gasteiger partial charge in [0, 0.05) is 6.92 Å². The van der Waals surface area contributed by atoms with Crippen LogP contribution in [0, 0.1) is 34.5 Å². The zero-order valence-corrected chi connectivity index (χ0v) is 18.8. The first-order valence-electron chi connectivity index (χ1n) is 11.8. The Kier molecular flexibility index (Phi) is 4.37. The van der Waals surface area contributed by atoms with Gasteiger partial charge in [0.25, 0.3) is 0 Å². The standard InChI is InChI=1S/C25H38O4/c1-14-7-8-17-20-18(10-12-24(14,17)5)25(6)11-9-16(27-15(2)26)13-19(25)21-22(20)29-23(3,4)28-21/h16-22H,1,7-13H2,2-6H3. The highest BCUT2D eigenvalue weighted by Crippen LogP contribution is 2.69. The predicted molar refractivity (Wildman–Crippen MR) is 111 cm³/mol. The third kappa shape index (κ3) is 2.81. The van der Waals surface area contributed by atoms with Crippen molar-refractivity contribution in [3.8, 4) is 0 Å². The maximum Gasteiger partial charge on any atom is 0.302 e. The second kappa shape index (κ2) is 6.32. The lowest BCUT2D eigenvalue weighted by Crippen LogP contribution is -2.63. The molecule has 0 aromatic carbocycles. The van der Waals surface area contributed by atoms with Crippen LogP contribution in [0.2, 0.25) is 0 Å². The number of fused-ring (bicyclic) bond motifs is 8. The van der Waals surface area contributed by atoms with Crippen LogP contribution < -0.4 is 0 Å².